The van der Waals surface area contributed by atoms with E-state index in [4.69, 9.17) is 35.4 Å². The summed E-state index contributed by atoms with van der Waals surface area (Å²) >= 11 is 17.4. The van der Waals surface area contributed by atoms with Gasteiger partial charge in [0.1, 0.15) is 0 Å². The molecule has 1 aliphatic rings. The lowest BCUT2D eigenvalue weighted by molar-refractivity contribution is 0.0977. The van der Waals surface area contributed by atoms with Crippen molar-refractivity contribution in [2.45, 2.75) is 6.54 Å². The lowest BCUT2D eigenvalue weighted by Crippen LogP contribution is -2.46. The monoisotopic (exact) mass is 498 g/mol. The average Bonchev–Trinajstić information content (AvgIpc) is 2.82. The highest BCUT2D eigenvalue weighted by Gasteiger charge is 2.18. The van der Waals surface area contributed by atoms with Gasteiger partial charge in [-0.05, 0) is 72.4 Å². The Morgan fingerprint density at radius 1 is 0.879 bits per heavy atom. The summed E-state index contributed by atoms with van der Waals surface area (Å²) in [7, 11) is 0. The number of nitrogens with one attached hydrogen (secondary N) is 2. The van der Waals surface area contributed by atoms with Gasteiger partial charge in [-0.15, -0.1) is 0 Å². The Morgan fingerprint density at radius 3 is 2.21 bits per heavy atom. The maximum atomic E-state index is 12.3. The third-order valence-electron chi connectivity index (χ3n) is 5.55. The fourth-order valence-electron chi connectivity index (χ4n) is 3.73. The van der Waals surface area contributed by atoms with Crippen LogP contribution in [0.15, 0.2) is 72.8 Å². The molecule has 33 heavy (non-hydrogen) atoms. The minimum Gasteiger partial charge on any atom is -0.369 e. The van der Waals surface area contributed by atoms with E-state index < -0.39 is 0 Å². The van der Waals surface area contributed by atoms with Crippen molar-refractivity contribution >= 4 is 57.8 Å². The van der Waals surface area contributed by atoms with Crippen molar-refractivity contribution in [3.8, 4) is 0 Å². The molecule has 4 rings (SSSR count). The van der Waals surface area contributed by atoms with Crippen LogP contribution in [0.25, 0.3) is 0 Å². The molecule has 1 fully saturated rings. The maximum Gasteiger partial charge on any atom is 0.257 e. The van der Waals surface area contributed by atoms with Crippen LogP contribution in [0.4, 0.5) is 11.4 Å². The van der Waals surface area contributed by atoms with Gasteiger partial charge >= 0.3 is 0 Å². The van der Waals surface area contributed by atoms with E-state index in [0.717, 1.165) is 49.1 Å². The molecule has 170 valence electrons. The second-order valence-electron chi connectivity index (χ2n) is 7.82. The molecule has 1 amide bonds. The van der Waals surface area contributed by atoms with Crippen molar-refractivity contribution in [2.24, 2.45) is 0 Å². The van der Waals surface area contributed by atoms with Crippen molar-refractivity contribution in [1.29, 1.82) is 0 Å². The van der Waals surface area contributed by atoms with Gasteiger partial charge in [0.2, 0.25) is 0 Å². The Labute approximate surface area is 209 Å². The normalized spacial score (nSPS) is 14.1. The SMILES string of the molecule is O=C(NC(=S)Nc1ccc(N2CCN(Cc3ccccc3Cl)CC2)cc1)c1ccc(Cl)cc1. The molecular formula is C25H24Cl2N4OS. The third-order valence-corrected chi connectivity index (χ3v) is 6.37. The number of amides is 1. The Balaban J connectivity index is 1.26. The first-order valence-electron chi connectivity index (χ1n) is 10.7. The van der Waals surface area contributed by atoms with Crippen LogP contribution < -0.4 is 15.5 Å². The quantitative estimate of drug-likeness (QED) is 0.458. The number of nitrogens with zero attached hydrogens (tertiary/aromatic N) is 2. The number of carbonyl (C=O) groups is 1. The zero-order chi connectivity index (χ0) is 23.2. The molecule has 0 radical (unpaired) electrons. The first-order valence-corrected chi connectivity index (χ1v) is 11.8. The molecule has 0 spiro atoms. The molecule has 1 aliphatic heterocycles. The van der Waals surface area contributed by atoms with Crippen LogP contribution in [0.3, 0.4) is 0 Å². The molecule has 0 unspecified atom stereocenters. The second kappa shape index (κ2) is 11.0. The van der Waals surface area contributed by atoms with E-state index in [1.807, 2.05) is 30.3 Å². The third kappa shape index (κ3) is 6.45. The van der Waals surface area contributed by atoms with Crippen molar-refractivity contribution in [1.82, 2.24) is 10.2 Å². The van der Waals surface area contributed by atoms with Crippen LogP contribution in [0.1, 0.15) is 15.9 Å². The number of hydrogen-bond acceptors (Lipinski definition) is 4. The molecule has 1 saturated heterocycles. The summed E-state index contributed by atoms with van der Waals surface area (Å²) in [5.41, 5.74) is 3.64. The topological polar surface area (TPSA) is 47.6 Å². The molecule has 0 aromatic heterocycles. The molecule has 3 aromatic rings. The van der Waals surface area contributed by atoms with Gasteiger partial charge in [0.15, 0.2) is 5.11 Å². The van der Waals surface area contributed by atoms with Gasteiger partial charge < -0.3 is 10.2 Å². The minimum absolute atomic E-state index is 0.246. The fraction of sp³-hybridized carbons (Fsp3) is 0.200. The summed E-state index contributed by atoms with van der Waals surface area (Å²) in [6.07, 6.45) is 0. The minimum atomic E-state index is -0.282. The predicted molar refractivity (Wildman–Crippen MR) is 141 cm³/mol. The number of rotatable bonds is 5. The van der Waals surface area contributed by atoms with Crippen LogP contribution in [-0.4, -0.2) is 42.1 Å². The number of hydrogen-bond donors (Lipinski definition) is 2. The predicted octanol–water partition coefficient (Wildman–Crippen LogP) is 5.44. The molecular weight excluding hydrogens is 475 g/mol. The van der Waals surface area contributed by atoms with E-state index in [9.17, 15) is 4.79 Å². The van der Waals surface area contributed by atoms with Crippen LogP contribution in [-0.2, 0) is 6.54 Å². The molecule has 0 atom stereocenters. The fourth-order valence-corrected chi connectivity index (χ4v) is 4.26. The van der Waals surface area contributed by atoms with Gasteiger partial charge in [-0.25, -0.2) is 0 Å². The number of halogens is 2. The maximum absolute atomic E-state index is 12.3. The number of benzene rings is 3. The van der Waals surface area contributed by atoms with Gasteiger partial charge in [0.25, 0.3) is 5.91 Å². The molecule has 3 aromatic carbocycles. The molecule has 1 heterocycles. The molecule has 0 bridgehead atoms. The van der Waals surface area contributed by atoms with Gasteiger partial charge in [0, 0.05) is 59.7 Å². The highest BCUT2D eigenvalue weighted by molar-refractivity contribution is 7.80. The molecule has 0 aliphatic carbocycles. The summed E-state index contributed by atoms with van der Waals surface area (Å²) < 4.78 is 0. The smallest absolute Gasteiger partial charge is 0.257 e. The second-order valence-corrected chi connectivity index (χ2v) is 9.07. The first-order chi connectivity index (χ1) is 16.0. The molecule has 2 N–H and O–H groups in total. The highest BCUT2D eigenvalue weighted by Crippen LogP contribution is 2.22. The molecule has 5 nitrogen and oxygen atoms in total. The van der Waals surface area contributed by atoms with Crippen LogP contribution in [0.5, 0.6) is 0 Å². The zero-order valence-corrected chi connectivity index (χ0v) is 20.3. The number of piperazine rings is 1. The van der Waals surface area contributed by atoms with Crippen LogP contribution in [0, 0.1) is 0 Å². The van der Waals surface area contributed by atoms with Crippen molar-refractivity contribution in [3.05, 3.63) is 94.0 Å². The van der Waals surface area contributed by atoms with E-state index in [1.54, 1.807) is 24.3 Å². The first kappa shape index (κ1) is 23.5. The molecule has 0 saturated carbocycles. The van der Waals surface area contributed by atoms with E-state index in [-0.39, 0.29) is 11.0 Å². The van der Waals surface area contributed by atoms with E-state index in [2.05, 4.69) is 38.6 Å². The van der Waals surface area contributed by atoms with Gasteiger partial charge in [-0.2, -0.15) is 0 Å². The van der Waals surface area contributed by atoms with Gasteiger partial charge in [-0.1, -0.05) is 41.4 Å². The number of carbonyl (C=O) groups excluding carboxylic acids is 1. The summed E-state index contributed by atoms with van der Waals surface area (Å²) in [5, 5.41) is 7.39. The van der Waals surface area contributed by atoms with E-state index >= 15 is 0 Å². The Bertz CT molecular complexity index is 1110. The average molecular weight is 499 g/mol. The van der Waals surface area contributed by atoms with Crippen LogP contribution in [0.2, 0.25) is 10.0 Å². The summed E-state index contributed by atoms with van der Waals surface area (Å²) in [4.78, 5) is 17.1. The van der Waals surface area contributed by atoms with Crippen molar-refractivity contribution in [3.63, 3.8) is 0 Å². The van der Waals surface area contributed by atoms with Gasteiger partial charge in [0.05, 0.1) is 0 Å². The van der Waals surface area contributed by atoms with Crippen molar-refractivity contribution < 1.29 is 4.79 Å². The van der Waals surface area contributed by atoms with Crippen molar-refractivity contribution in [2.75, 3.05) is 36.4 Å². The standard InChI is InChI=1S/C25H24Cl2N4OS/c26-20-7-5-18(6-8-20)24(32)29-25(33)28-21-9-11-22(12-10-21)31-15-13-30(14-16-31)17-19-3-1-2-4-23(19)27/h1-12H,13-17H2,(H2,28,29,32,33). The summed E-state index contributed by atoms with van der Waals surface area (Å²) in [5.74, 6) is -0.282. The lowest BCUT2D eigenvalue weighted by atomic mass is 10.2. The van der Waals surface area contributed by atoms with Crippen LogP contribution >= 0.6 is 35.4 Å². The Morgan fingerprint density at radius 2 is 1.55 bits per heavy atom. The summed E-state index contributed by atoms with van der Waals surface area (Å²) in [6.45, 7) is 4.73. The molecule has 8 heteroatoms. The Kier molecular flexibility index (Phi) is 7.83. The van der Waals surface area contributed by atoms with Gasteiger partial charge in [-0.3, -0.25) is 15.0 Å². The largest absolute Gasteiger partial charge is 0.369 e. The number of anilines is 2. The zero-order valence-electron chi connectivity index (χ0n) is 17.9. The van der Waals surface area contributed by atoms with E-state index in [1.165, 1.54) is 5.56 Å². The highest BCUT2D eigenvalue weighted by atomic mass is 35.5. The lowest BCUT2D eigenvalue weighted by Gasteiger charge is -2.36. The summed E-state index contributed by atoms with van der Waals surface area (Å²) in [6, 6.07) is 22.7. The Hall–Kier alpha value is -2.64. The number of thiocarbonyl (C=S) groups is 1. The van der Waals surface area contributed by atoms with E-state index in [0.29, 0.717) is 10.6 Å².